The first-order chi connectivity index (χ1) is 16.9. The Kier molecular flexibility index (Phi) is 8.59. The summed E-state index contributed by atoms with van der Waals surface area (Å²) >= 11 is 2.71. The van der Waals surface area contributed by atoms with Gasteiger partial charge in [-0.2, -0.15) is 4.31 Å². The third-order valence-corrected chi connectivity index (χ3v) is 11.0. The van der Waals surface area contributed by atoms with Crippen LogP contribution < -0.4 is 4.90 Å². The van der Waals surface area contributed by atoms with Crippen molar-refractivity contribution in [3.63, 3.8) is 0 Å². The van der Waals surface area contributed by atoms with E-state index in [1.807, 2.05) is 6.07 Å². The molecule has 0 spiro atoms. The SMILES string of the molecule is CCc1ccc2nc(N(CCN(CC)CC)C(=O)C3CCCCN3S(=O)(=O)c3cccs3)sc2c1. The second-order valence-corrected chi connectivity index (χ2v) is 12.8. The van der Waals surface area contributed by atoms with Gasteiger partial charge in [-0.3, -0.25) is 9.69 Å². The number of sulfonamides is 1. The van der Waals surface area contributed by atoms with Gasteiger partial charge in [-0.15, -0.1) is 11.3 Å². The Labute approximate surface area is 216 Å². The van der Waals surface area contributed by atoms with Gasteiger partial charge < -0.3 is 4.90 Å². The van der Waals surface area contributed by atoms with Crippen LogP contribution in [0.1, 0.15) is 45.6 Å². The number of hydrogen-bond donors (Lipinski definition) is 0. The van der Waals surface area contributed by atoms with Crippen molar-refractivity contribution in [2.24, 2.45) is 0 Å². The number of hydrogen-bond acceptors (Lipinski definition) is 7. The van der Waals surface area contributed by atoms with E-state index in [-0.39, 0.29) is 5.91 Å². The summed E-state index contributed by atoms with van der Waals surface area (Å²) in [4.78, 5) is 22.9. The van der Waals surface area contributed by atoms with Gasteiger partial charge >= 0.3 is 0 Å². The van der Waals surface area contributed by atoms with Crippen molar-refractivity contribution in [1.29, 1.82) is 0 Å². The summed E-state index contributed by atoms with van der Waals surface area (Å²) in [5, 5.41) is 2.40. The summed E-state index contributed by atoms with van der Waals surface area (Å²) in [6, 6.07) is 8.86. The van der Waals surface area contributed by atoms with Gasteiger partial charge in [0.25, 0.3) is 10.0 Å². The molecule has 190 valence electrons. The highest BCUT2D eigenvalue weighted by Crippen LogP contribution is 2.33. The summed E-state index contributed by atoms with van der Waals surface area (Å²) in [6.07, 6.45) is 3.05. The summed E-state index contributed by atoms with van der Waals surface area (Å²) in [6.45, 7) is 9.66. The Morgan fingerprint density at radius 1 is 1.14 bits per heavy atom. The van der Waals surface area contributed by atoms with E-state index in [0.717, 1.165) is 42.6 Å². The Morgan fingerprint density at radius 3 is 2.63 bits per heavy atom. The molecule has 3 heterocycles. The molecule has 0 bridgehead atoms. The molecule has 10 heteroatoms. The molecule has 0 aliphatic carbocycles. The Morgan fingerprint density at radius 2 is 1.94 bits per heavy atom. The van der Waals surface area contributed by atoms with Crippen LogP contribution in [0.2, 0.25) is 0 Å². The van der Waals surface area contributed by atoms with Crippen molar-refractivity contribution in [3.05, 3.63) is 41.3 Å². The maximum absolute atomic E-state index is 14.1. The summed E-state index contributed by atoms with van der Waals surface area (Å²) in [5.41, 5.74) is 2.10. The molecule has 1 aromatic carbocycles. The van der Waals surface area contributed by atoms with Crippen LogP contribution in [0, 0.1) is 0 Å². The molecule has 1 fully saturated rings. The lowest BCUT2D eigenvalue weighted by Crippen LogP contribution is -2.54. The minimum absolute atomic E-state index is 0.174. The van der Waals surface area contributed by atoms with E-state index in [0.29, 0.717) is 35.4 Å². The summed E-state index contributed by atoms with van der Waals surface area (Å²) in [7, 11) is -3.73. The molecule has 35 heavy (non-hydrogen) atoms. The number of nitrogens with zero attached hydrogens (tertiary/aromatic N) is 4. The van der Waals surface area contributed by atoms with E-state index in [1.54, 1.807) is 22.4 Å². The van der Waals surface area contributed by atoms with Crippen LogP contribution in [0.3, 0.4) is 0 Å². The number of anilines is 1. The largest absolute Gasteiger partial charge is 0.302 e. The predicted octanol–water partition coefficient (Wildman–Crippen LogP) is 4.84. The molecule has 1 amide bonds. The molecule has 1 unspecified atom stereocenters. The molecule has 0 radical (unpaired) electrons. The maximum Gasteiger partial charge on any atom is 0.253 e. The number of aryl methyl sites for hydroxylation is 1. The zero-order valence-corrected chi connectivity index (χ0v) is 23.1. The maximum atomic E-state index is 14.1. The molecule has 3 aromatic rings. The third kappa shape index (κ3) is 5.61. The van der Waals surface area contributed by atoms with E-state index < -0.39 is 16.1 Å². The number of amides is 1. The average Bonchev–Trinajstić information content (AvgIpc) is 3.56. The second kappa shape index (κ2) is 11.5. The molecular weight excluding hydrogens is 501 g/mol. The zero-order chi connectivity index (χ0) is 25.0. The Bertz CT molecular complexity index is 1240. The van der Waals surface area contributed by atoms with Crippen LogP contribution >= 0.6 is 22.7 Å². The number of rotatable bonds is 10. The lowest BCUT2D eigenvalue weighted by Gasteiger charge is -2.36. The van der Waals surface area contributed by atoms with Crippen LogP contribution in [-0.4, -0.2) is 67.3 Å². The van der Waals surface area contributed by atoms with Gasteiger partial charge in [0.1, 0.15) is 10.3 Å². The lowest BCUT2D eigenvalue weighted by molar-refractivity contribution is -0.123. The number of aromatic nitrogens is 1. The van der Waals surface area contributed by atoms with Gasteiger partial charge in [-0.25, -0.2) is 13.4 Å². The van der Waals surface area contributed by atoms with Crippen molar-refractivity contribution < 1.29 is 13.2 Å². The minimum Gasteiger partial charge on any atom is -0.302 e. The van der Waals surface area contributed by atoms with Crippen molar-refractivity contribution in [1.82, 2.24) is 14.2 Å². The highest BCUT2D eigenvalue weighted by Gasteiger charge is 2.40. The van der Waals surface area contributed by atoms with E-state index in [2.05, 4.69) is 37.8 Å². The summed E-state index contributed by atoms with van der Waals surface area (Å²) in [5.74, 6) is -0.174. The zero-order valence-electron chi connectivity index (χ0n) is 20.6. The molecule has 1 atom stereocenters. The number of carbonyl (C=O) groups is 1. The Balaban J connectivity index is 1.69. The normalized spacial score (nSPS) is 17.3. The van der Waals surface area contributed by atoms with Crippen LogP contribution in [-0.2, 0) is 21.2 Å². The monoisotopic (exact) mass is 534 g/mol. The van der Waals surface area contributed by atoms with Crippen LogP contribution in [0.5, 0.6) is 0 Å². The fourth-order valence-corrected chi connectivity index (χ4v) is 8.35. The van der Waals surface area contributed by atoms with Crippen LogP contribution in [0.15, 0.2) is 39.9 Å². The quantitative estimate of drug-likeness (QED) is 0.372. The van der Waals surface area contributed by atoms with Gasteiger partial charge in [0.05, 0.1) is 10.2 Å². The van der Waals surface area contributed by atoms with Gasteiger partial charge in [0, 0.05) is 19.6 Å². The fraction of sp³-hybridized carbons (Fsp3) is 0.520. The molecule has 0 N–H and O–H groups in total. The van der Waals surface area contributed by atoms with Crippen molar-refractivity contribution in [3.8, 4) is 0 Å². The molecule has 4 rings (SSSR count). The molecule has 1 saturated heterocycles. The molecule has 7 nitrogen and oxygen atoms in total. The number of carbonyl (C=O) groups excluding carboxylic acids is 1. The van der Waals surface area contributed by atoms with E-state index in [4.69, 9.17) is 4.98 Å². The summed E-state index contributed by atoms with van der Waals surface area (Å²) < 4.78 is 29.6. The van der Waals surface area contributed by atoms with Gasteiger partial charge in [0.15, 0.2) is 5.13 Å². The highest BCUT2D eigenvalue weighted by atomic mass is 32.2. The molecular formula is C25H34N4O3S3. The molecule has 1 aliphatic rings. The number of fused-ring (bicyclic) bond motifs is 1. The first-order valence-corrected chi connectivity index (χ1v) is 15.5. The fourth-order valence-electron chi connectivity index (χ4n) is 4.52. The standard InChI is InChI=1S/C25H34N4O3S3/c1-4-19-12-13-20-22(18-19)34-25(26-20)28(16-15-27(5-2)6-3)24(30)21-10-7-8-14-29(21)35(31,32)23-11-9-17-33-23/h9,11-13,17-18,21H,4-8,10,14-16H2,1-3H3. The van der Waals surface area contributed by atoms with Crippen LogP contribution in [0.4, 0.5) is 5.13 Å². The van der Waals surface area contributed by atoms with E-state index >= 15 is 0 Å². The van der Waals surface area contributed by atoms with Gasteiger partial charge in [-0.1, -0.05) is 50.7 Å². The van der Waals surface area contributed by atoms with Crippen molar-refractivity contribution in [2.75, 3.05) is 37.6 Å². The second-order valence-electron chi connectivity index (χ2n) is 8.73. The van der Waals surface area contributed by atoms with E-state index in [9.17, 15) is 13.2 Å². The first kappa shape index (κ1) is 26.2. The molecule has 1 aliphatic heterocycles. The average molecular weight is 535 g/mol. The Hall–Kier alpha value is -1.85. The highest BCUT2D eigenvalue weighted by molar-refractivity contribution is 7.91. The first-order valence-electron chi connectivity index (χ1n) is 12.4. The smallest absolute Gasteiger partial charge is 0.253 e. The number of thiophene rings is 1. The van der Waals surface area contributed by atoms with Gasteiger partial charge in [-0.05, 0) is 61.5 Å². The number of benzene rings is 1. The minimum atomic E-state index is -3.73. The topological polar surface area (TPSA) is 73.8 Å². The predicted molar refractivity (Wildman–Crippen MR) is 145 cm³/mol. The van der Waals surface area contributed by atoms with Crippen molar-refractivity contribution >= 4 is 54.0 Å². The molecule has 2 aromatic heterocycles. The van der Waals surface area contributed by atoms with Crippen LogP contribution in [0.25, 0.3) is 10.2 Å². The number of piperidine rings is 1. The number of likely N-dealkylation sites (N-methyl/N-ethyl adjacent to an activating group) is 1. The molecule has 0 saturated carbocycles. The lowest BCUT2D eigenvalue weighted by atomic mass is 10.0. The van der Waals surface area contributed by atoms with Gasteiger partial charge in [0.2, 0.25) is 5.91 Å². The van der Waals surface area contributed by atoms with Crippen molar-refractivity contribution in [2.45, 2.75) is 56.7 Å². The van der Waals surface area contributed by atoms with E-state index in [1.165, 1.54) is 32.5 Å². The number of thiazole rings is 1. The third-order valence-electron chi connectivity index (χ3n) is 6.68.